The average Bonchev–Trinajstić information content (AvgIpc) is 2.10. The Morgan fingerprint density at radius 3 is 2.30 bits per heavy atom. The molecule has 10 heavy (non-hydrogen) atoms. The fraction of sp³-hybridized carbons (Fsp3) is 1.00. The van der Waals surface area contributed by atoms with Gasteiger partial charge in [-0.2, -0.15) is 0 Å². The van der Waals surface area contributed by atoms with Gasteiger partial charge in [-0.25, -0.2) is 0 Å². The summed E-state index contributed by atoms with van der Waals surface area (Å²) in [6, 6.07) is 0.733. The van der Waals surface area contributed by atoms with Gasteiger partial charge in [-0.15, -0.1) is 0 Å². The molecule has 0 amide bonds. The lowest BCUT2D eigenvalue weighted by molar-refractivity contribution is 0.272. The van der Waals surface area contributed by atoms with Crippen molar-refractivity contribution >= 4 is 22.6 Å². The second-order valence-corrected chi connectivity index (χ2v) is 6.33. The first kappa shape index (κ1) is 8.78. The van der Waals surface area contributed by atoms with Crippen LogP contribution in [0.3, 0.4) is 0 Å². The van der Waals surface area contributed by atoms with Gasteiger partial charge < -0.3 is 0 Å². The molecule has 1 saturated heterocycles. The molecule has 1 rings (SSSR count). The van der Waals surface area contributed by atoms with Crippen LogP contribution in [0.5, 0.6) is 0 Å². The Bertz CT molecular complexity index is 120. The minimum Gasteiger partial charge on any atom is -0.300 e. The minimum atomic E-state index is 0.544. The summed E-state index contributed by atoms with van der Waals surface area (Å²) in [6.45, 7) is 9.45. The third-order valence-corrected chi connectivity index (χ3v) is 3.06. The van der Waals surface area contributed by atoms with Crippen molar-refractivity contribution < 1.29 is 0 Å². The molecule has 1 nitrogen and oxygen atoms in total. The van der Waals surface area contributed by atoms with Gasteiger partial charge >= 0.3 is 0 Å². The highest BCUT2D eigenvalue weighted by molar-refractivity contribution is 14.1. The number of rotatable bonds is 1. The Kier molecular flexibility index (Phi) is 2.61. The molecule has 0 N–H and O–H groups in total. The molecule has 1 aliphatic rings. The molecule has 0 radical (unpaired) electrons. The lowest BCUT2D eigenvalue weighted by Gasteiger charge is -2.21. The molecule has 1 fully saturated rings. The Morgan fingerprint density at radius 1 is 1.50 bits per heavy atom. The molecule has 60 valence electrons. The number of alkyl halides is 1. The zero-order valence-electron chi connectivity index (χ0n) is 7.02. The van der Waals surface area contributed by atoms with Gasteiger partial charge in [0.15, 0.2) is 0 Å². The van der Waals surface area contributed by atoms with Crippen LogP contribution in [0, 0.1) is 0 Å². The first-order chi connectivity index (χ1) is 4.51. The molecule has 0 spiro atoms. The Morgan fingerprint density at radius 2 is 2.10 bits per heavy atom. The van der Waals surface area contributed by atoms with E-state index in [2.05, 4.69) is 48.3 Å². The summed E-state index contributed by atoms with van der Waals surface area (Å²) in [4.78, 5) is 2.55. The zero-order chi connectivity index (χ0) is 7.78. The molecule has 0 aliphatic carbocycles. The summed E-state index contributed by atoms with van der Waals surface area (Å²) in [5.41, 5.74) is 0. The largest absolute Gasteiger partial charge is 0.300 e. The van der Waals surface area contributed by atoms with Crippen molar-refractivity contribution in [1.82, 2.24) is 4.90 Å². The Hall–Kier alpha value is 0.690. The smallest absolute Gasteiger partial charge is 0.0333 e. The SMILES string of the molecule is CC(C)N1CCC(C)(I)C1. The maximum absolute atomic E-state index is 2.57. The minimum absolute atomic E-state index is 0.544. The molecule has 1 heterocycles. The summed E-state index contributed by atoms with van der Waals surface area (Å²) in [7, 11) is 0. The van der Waals surface area contributed by atoms with Crippen molar-refractivity contribution in [2.45, 2.75) is 36.7 Å². The monoisotopic (exact) mass is 253 g/mol. The van der Waals surface area contributed by atoms with Crippen molar-refractivity contribution in [2.24, 2.45) is 0 Å². The molecule has 0 bridgehead atoms. The number of hydrogen-bond acceptors (Lipinski definition) is 1. The lowest BCUT2D eigenvalue weighted by Crippen LogP contribution is -2.30. The van der Waals surface area contributed by atoms with Crippen LogP contribution in [0.1, 0.15) is 27.2 Å². The Balaban J connectivity index is 2.43. The van der Waals surface area contributed by atoms with Crippen LogP contribution >= 0.6 is 22.6 Å². The predicted molar refractivity (Wildman–Crippen MR) is 53.8 cm³/mol. The summed E-state index contributed by atoms with van der Waals surface area (Å²) in [5, 5.41) is 0. The van der Waals surface area contributed by atoms with E-state index in [9.17, 15) is 0 Å². The summed E-state index contributed by atoms with van der Waals surface area (Å²) >= 11 is 2.57. The molecule has 0 saturated carbocycles. The van der Waals surface area contributed by atoms with Gasteiger partial charge in [0.1, 0.15) is 0 Å². The van der Waals surface area contributed by atoms with Crippen molar-refractivity contribution in [3.05, 3.63) is 0 Å². The van der Waals surface area contributed by atoms with Gasteiger partial charge in [0.2, 0.25) is 0 Å². The number of likely N-dealkylation sites (tertiary alicyclic amines) is 1. The quantitative estimate of drug-likeness (QED) is 0.512. The van der Waals surface area contributed by atoms with Crippen LogP contribution < -0.4 is 0 Å². The van der Waals surface area contributed by atoms with E-state index < -0.39 is 0 Å². The highest BCUT2D eigenvalue weighted by Crippen LogP contribution is 2.30. The van der Waals surface area contributed by atoms with E-state index in [4.69, 9.17) is 0 Å². The topological polar surface area (TPSA) is 3.24 Å². The molecule has 0 aromatic carbocycles. The van der Waals surface area contributed by atoms with Gasteiger partial charge in [-0.1, -0.05) is 22.6 Å². The summed E-state index contributed by atoms with van der Waals surface area (Å²) in [5.74, 6) is 0. The van der Waals surface area contributed by atoms with Gasteiger partial charge in [0, 0.05) is 16.0 Å². The summed E-state index contributed by atoms with van der Waals surface area (Å²) in [6.07, 6.45) is 1.35. The molecule has 0 aromatic heterocycles. The van der Waals surface area contributed by atoms with Crippen LogP contribution in [0.2, 0.25) is 0 Å². The van der Waals surface area contributed by atoms with Crippen LogP contribution in [-0.4, -0.2) is 27.5 Å². The van der Waals surface area contributed by atoms with Gasteiger partial charge in [0.25, 0.3) is 0 Å². The second kappa shape index (κ2) is 2.97. The van der Waals surface area contributed by atoms with E-state index in [1.165, 1.54) is 19.5 Å². The van der Waals surface area contributed by atoms with E-state index in [1.54, 1.807) is 0 Å². The van der Waals surface area contributed by atoms with E-state index >= 15 is 0 Å². The van der Waals surface area contributed by atoms with Crippen molar-refractivity contribution in [2.75, 3.05) is 13.1 Å². The predicted octanol–water partition coefficient (Wildman–Crippen LogP) is 2.29. The third-order valence-electron chi connectivity index (χ3n) is 2.18. The maximum atomic E-state index is 2.57. The van der Waals surface area contributed by atoms with Crippen LogP contribution in [-0.2, 0) is 0 Å². The van der Waals surface area contributed by atoms with Crippen LogP contribution in [0.25, 0.3) is 0 Å². The van der Waals surface area contributed by atoms with Gasteiger partial charge in [-0.3, -0.25) is 4.90 Å². The van der Waals surface area contributed by atoms with Crippen molar-refractivity contribution in [1.29, 1.82) is 0 Å². The van der Waals surface area contributed by atoms with Crippen LogP contribution in [0.4, 0.5) is 0 Å². The first-order valence-corrected chi connectivity index (χ1v) is 5.02. The van der Waals surface area contributed by atoms with E-state index in [1.807, 2.05) is 0 Å². The van der Waals surface area contributed by atoms with E-state index in [-0.39, 0.29) is 0 Å². The fourth-order valence-electron chi connectivity index (χ4n) is 1.40. The molecule has 1 unspecified atom stereocenters. The van der Waals surface area contributed by atoms with E-state index in [0.29, 0.717) is 3.42 Å². The maximum Gasteiger partial charge on any atom is 0.0333 e. The highest BCUT2D eigenvalue weighted by Gasteiger charge is 2.31. The first-order valence-electron chi connectivity index (χ1n) is 3.94. The second-order valence-electron chi connectivity index (χ2n) is 3.73. The summed E-state index contributed by atoms with van der Waals surface area (Å²) < 4.78 is 0.544. The lowest BCUT2D eigenvalue weighted by atomic mass is 10.2. The van der Waals surface area contributed by atoms with Gasteiger partial charge in [-0.05, 0) is 33.7 Å². The molecule has 1 atom stereocenters. The molecule has 0 aromatic rings. The van der Waals surface area contributed by atoms with Crippen molar-refractivity contribution in [3.63, 3.8) is 0 Å². The third kappa shape index (κ3) is 2.09. The zero-order valence-corrected chi connectivity index (χ0v) is 9.18. The highest BCUT2D eigenvalue weighted by atomic mass is 127. The van der Waals surface area contributed by atoms with E-state index in [0.717, 1.165) is 6.04 Å². The number of halogens is 1. The van der Waals surface area contributed by atoms with Crippen LogP contribution in [0.15, 0.2) is 0 Å². The average molecular weight is 253 g/mol. The van der Waals surface area contributed by atoms with Crippen molar-refractivity contribution in [3.8, 4) is 0 Å². The fourth-order valence-corrected chi connectivity index (χ4v) is 2.08. The molecular weight excluding hydrogens is 237 g/mol. The standard InChI is InChI=1S/C8H16IN/c1-7(2)10-5-4-8(3,9)6-10/h7H,4-6H2,1-3H3. The Labute approximate surface area is 77.3 Å². The molecular formula is C8H16IN. The number of hydrogen-bond donors (Lipinski definition) is 0. The normalized spacial score (nSPS) is 35.7. The molecule has 2 heteroatoms. The molecule has 1 aliphatic heterocycles. The van der Waals surface area contributed by atoms with Gasteiger partial charge in [0.05, 0.1) is 0 Å². The number of nitrogens with zero attached hydrogens (tertiary/aromatic N) is 1.